The number of nitrogens with one attached hydrogen (secondary N) is 1. The van der Waals surface area contributed by atoms with Crippen molar-refractivity contribution < 1.29 is 4.79 Å². The summed E-state index contributed by atoms with van der Waals surface area (Å²) in [7, 11) is 0. The Balaban J connectivity index is 1.52. The van der Waals surface area contributed by atoms with Crippen LogP contribution in [0.2, 0.25) is 0 Å². The molecule has 0 aliphatic rings. The Labute approximate surface area is 153 Å². The van der Waals surface area contributed by atoms with Crippen molar-refractivity contribution in [2.45, 2.75) is 26.3 Å². The van der Waals surface area contributed by atoms with E-state index in [-0.39, 0.29) is 5.91 Å². The summed E-state index contributed by atoms with van der Waals surface area (Å²) in [6.45, 7) is 2.37. The number of hydrogen-bond acceptors (Lipinski definition) is 3. The van der Waals surface area contributed by atoms with Crippen LogP contribution in [-0.2, 0) is 11.3 Å². The second kappa shape index (κ2) is 8.76. The first-order chi connectivity index (χ1) is 12.7. The lowest BCUT2D eigenvalue weighted by molar-refractivity contribution is -0.121. The predicted molar refractivity (Wildman–Crippen MR) is 103 cm³/mol. The molecule has 0 unspecified atom stereocenters. The Morgan fingerprint density at radius 2 is 1.96 bits per heavy atom. The highest BCUT2D eigenvalue weighted by molar-refractivity contribution is 5.76. The Hall–Kier alpha value is -3.21. The van der Waals surface area contributed by atoms with E-state index >= 15 is 0 Å². The van der Waals surface area contributed by atoms with Crippen LogP contribution in [0.1, 0.15) is 29.8 Å². The van der Waals surface area contributed by atoms with Crippen molar-refractivity contribution in [3.8, 4) is 5.82 Å². The molecule has 0 fully saturated rings. The summed E-state index contributed by atoms with van der Waals surface area (Å²) in [5.41, 5.74) is 2.10. The highest BCUT2D eigenvalue weighted by atomic mass is 16.1. The van der Waals surface area contributed by atoms with Crippen molar-refractivity contribution >= 4 is 12.0 Å². The van der Waals surface area contributed by atoms with Gasteiger partial charge in [0.2, 0.25) is 5.91 Å². The number of imidazole rings is 1. The number of carbonyl (C=O) groups is 1. The minimum absolute atomic E-state index is 0.0277. The van der Waals surface area contributed by atoms with E-state index in [0.717, 1.165) is 22.8 Å². The summed E-state index contributed by atoms with van der Waals surface area (Å²) < 4.78 is 1.92. The number of allylic oxidation sites excluding steroid dienone is 1. The third-order valence-corrected chi connectivity index (χ3v) is 4.05. The molecule has 1 N–H and O–H groups in total. The van der Waals surface area contributed by atoms with E-state index in [9.17, 15) is 4.79 Å². The largest absolute Gasteiger partial charge is 0.352 e. The molecule has 2 aromatic heterocycles. The summed E-state index contributed by atoms with van der Waals surface area (Å²) in [4.78, 5) is 20.8. The van der Waals surface area contributed by atoms with Crippen LogP contribution in [0.25, 0.3) is 11.9 Å². The third-order valence-electron chi connectivity index (χ3n) is 4.05. The van der Waals surface area contributed by atoms with Crippen LogP contribution in [0, 0.1) is 6.92 Å². The van der Waals surface area contributed by atoms with Gasteiger partial charge in [0.15, 0.2) is 0 Å². The van der Waals surface area contributed by atoms with E-state index in [1.807, 2.05) is 72.3 Å². The second-order valence-corrected chi connectivity index (χ2v) is 5.96. The molecule has 0 saturated heterocycles. The van der Waals surface area contributed by atoms with Gasteiger partial charge in [0, 0.05) is 37.1 Å². The van der Waals surface area contributed by atoms with Gasteiger partial charge < -0.3 is 5.32 Å². The fourth-order valence-electron chi connectivity index (χ4n) is 2.67. The number of hydrogen-bond donors (Lipinski definition) is 1. The first kappa shape index (κ1) is 17.6. The van der Waals surface area contributed by atoms with Crippen molar-refractivity contribution in [2.24, 2.45) is 0 Å². The van der Waals surface area contributed by atoms with E-state index in [1.165, 1.54) is 0 Å². The smallest absolute Gasteiger partial charge is 0.220 e. The number of benzene rings is 1. The fraction of sp³-hybridized carbons (Fsp3) is 0.190. The Kier molecular flexibility index (Phi) is 5.93. The van der Waals surface area contributed by atoms with Gasteiger partial charge >= 0.3 is 0 Å². The Morgan fingerprint density at radius 3 is 2.73 bits per heavy atom. The van der Waals surface area contributed by atoms with E-state index < -0.39 is 0 Å². The van der Waals surface area contributed by atoms with Crippen molar-refractivity contribution in [3.63, 3.8) is 0 Å². The summed E-state index contributed by atoms with van der Waals surface area (Å²) in [6, 6.07) is 13.9. The van der Waals surface area contributed by atoms with E-state index in [0.29, 0.717) is 19.4 Å². The van der Waals surface area contributed by atoms with Crippen molar-refractivity contribution in [3.05, 3.63) is 84.1 Å². The molecule has 0 spiro atoms. The molecule has 5 nitrogen and oxygen atoms in total. The van der Waals surface area contributed by atoms with Gasteiger partial charge in [-0.15, -0.1) is 0 Å². The number of rotatable bonds is 7. The van der Waals surface area contributed by atoms with Gasteiger partial charge in [-0.1, -0.05) is 48.6 Å². The fourth-order valence-corrected chi connectivity index (χ4v) is 2.67. The van der Waals surface area contributed by atoms with Crippen LogP contribution in [-0.4, -0.2) is 20.4 Å². The maximum atomic E-state index is 12.1. The van der Waals surface area contributed by atoms with E-state index in [2.05, 4.69) is 15.3 Å². The molecule has 0 radical (unpaired) electrons. The number of pyridine rings is 1. The molecule has 0 aliphatic carbocycles. The summed E-state index contributed by atoms with van der Waals surface area (Å²) in [5, 5.41) is 2.97. The van der Waals surface area contributed by atoms with Crippen LogP contribution in [0.5, 0.6) is 0 Å². The van der Waals surface area contributed by atoms with Gasteiger partial charge in [0.25, 0.3) is 0 Å². The monoisotopic (exact) mass is 346 g/mol. The summed E-state index contributed by atoms with van der Waals surface area (Å²) >= 11 is 0. The van der Waals surface area contributed by atoms with E-state index in [4.69, 9.17) is 0 Å². The molecule has 1 aromatic carbocycles. The second-order valence-electron chi connectivity index (χ2n) is 5.96. The van der Waals surface area contributed by atoms with Gasteiger partial charge in [-0.05, 0) is 25.0 Å². The zero-order chi connectivity index (χ0) is 18.2. The molecular weight excluding hydrogens is 324 g/mol. The van der Waals surface area contributed by atoms with Crippen molar-refractivity contribution in [1.82, 2.24) is 19.9 Å². The SMILES string of the molecule is Cc1nccn1-c1ncccc1CNC(=O)CC/C=C\c1ccccc1. The van der Waals surface area contributed by atoms with E-state index in [1.54, 1.807) is 12.4 Å². The number of amides is 1. The first-order valence-electron chi connectivity index (χ1n) is 8.66. The average molecular weight is 346 g/mol. The summed E-state index contributed by atoms with van der Waals surface area (Å²) in [6.07, 6.45) is 10.6. The Morgan fingerprint density at radius 1 is 1.12 bits per heavy atom. The molecule has 0 saturated carbocycles. The van der Waals surface area contributed by atoms with Crippen LogP contribution < -0.4 is 5.32 Å². The summed E-state index contributed by atoms with van der Waals surface area (Å²) in [5.74, 6) is 1.69. The highest BCUT2D eigenvalue weighted by Gasteiger charge is 2.09. The van der Waals surface area contributed by atoms with Crippen molar-refractivity contribution in [2.75, 3.05) is 0 Å². The molecule has 132 valence electrons. The highest BCUT2D eigenvalue weighted by Crippen LogP contribution is 2.13. The third kappa shape index (κ3) is 4.66. The maximum absolute atomic E-state index is 12.1. The first-order valence-corrected chi connectivity index (χ1v) is 8.66. The standard InChI is InChI=1S/C21H22N4O/c1-17-22-14-15-25(17)21-19(11-7-13-23-21)16-24-20(26)12-6-5-10-18-8-3-2-4-9-18/h2-5,7-11,13-15H,6,12,16H2,1H3,(H,24,26)/b10-5-. The predicted octanol–water partition coefficient (Wildman–Crippen LogP) is 3.69. The van der Waals surface area contributed by atoms with Crippen LogP contribution in [0.15, 0.2) is 67.1 Å². The number of aromatic nitrogens is 3. The zero-order valence-corrected chi connectivity index (χ0v) is 14.8. The van der Waals surface area contributed by atoms with Crippen LogP contribution >= 0.6 is 0 Å². The van der Waals surface area contributed by atoms with Gasteiger partial charge in [0.1, 0.15) is 11.6 Å². The molecule has 2 heterocycles. The molecule has 1 amide bonds. The number of nitrogens with zero attached hydrogens (tertiary/aromatic N) is 3. The molecule has 3 rings (SSSR count). The zero-order valence-electron chi connectivity index (χ0n) is 14.8. The van der Waals surface area contributed by atoms with Gasteiger partial charge in [0.05, 0.1) is 0 Å². The van der Waals surface area contributed by atoms with Crippen LogP contribution in [0.3, 0.4) is 0 Å². The molecule has 5 heteroatoms. The Bertz CT molecular complexity index is 884. The normalized spacial score (nSPS) is 11.0. The van der Waals surface area contributed by atoms with Gasteiger partial charge in [-0.3, -0.25) is 9.36 Å². The van der Waals surface area contributed by atoms with Crippen LogP contribution in [0.4, 0.5) is 0 Å². The van der Waals surface area contributed by atoms with Crippen molar-refractivity contribution in [1.29, 1.82) is 0 Å². The maximum Gasteiger partial charge on any atom is 0.220 e. The number of aryl methyl sites for hydroxylation is 1. The lowest BCUT2D eigenvalue weighted by Crippen LogP contribution is -2.23. The topological polar surface area (TPSA) is 59.8 Å². The number of carbonyl (C=O) groups excluding carboxylic acids is 1. The molecule has 0 atom stereocenters. The molecule has 0 bridgehead atoms. The van der Waals surface area contributed by atoms with Gasteiger partial charge in [-0.25, -0.2) is 9.97 Å². The molecule has 3 aromatic rings. The minimum atomic E-state index is 0.0277. The molecule has 0 aliphatic heterocycles. The average Bonchev–Trinajstić information content (AvgIpc) is 3.10. The lowest BCUT2D eigenvalue weighted by Gasteiger charge is -2.11. The lowest BCUT2D eigenvalue weighted by atomic mass is 10.2. The minimum Gasteiger partial charge on any atom is -0.352 e. The molecular formula is C21H22N4O. The molecule has 26 heavy (non-hydrogen) atoms. The quantitative estimate of drug-likeness (QED) is 0.710. The van der Waals surface area contributed by atoms with Gasteiger partial charge in [-0.2, -0.15) is 0 Å².